The van der Waals surface area contributed by atoms with Gasteiger partial charge in [0.15, 0.2) is 0 Å². The molecule has 19 heavy (non-hydrogen) atoms. The number of aromatic nitrogens is 4. The fourth-order valence-corrected chi connectivity index (χ4v) is 1.54. The number of carbonyl (C=O) groups is 1. The van der Waals surface area contributed by atoms with Gasteiger partial charge in [-0.1, -0.05) is 22.0 Å². The van der Waals surface area contributed by atoms with E-state index in [9.17, 15) is 4.79 Å². The van der Waals surface area contributed by atoms with Crippen molar-refractivity contribution < 1.29 is 4.79 Å². The van der Waals surface area contributed by atoms with Gasteiger partial charge in [-0.2, -0.15) is 0 Å². The summed E-state index contributed by atoms with van der Waals surface area (Å²) in [4.78, 5) is 12.0. The molecule has 0 unspecified atom stereocenters. The zero-order chi connectivity index (χ0) is 14.0. The fraction of sp³-hybridized carbons (Fsp3) is 0.333. The zero-order valence-corrected chi connectivity index (χ0v) is 12.5. The van der Waals surface area contributed by atoms with Gasteiger partial charge >= 0.3 is 0 Å². The second kappa shape index (κ2) is 5.08. The number of benzene rings is 1. The Labute approximate surface area is 119 Å². The first kappa shape index (κ1) is 13.7. The van der Waals surface area contributed by atoms with E-state index < -0.39 is 4.32 Å². The van der Waals surface area contributed by atoms with Crippen LogP contribution in [-0.2, 0) is 4.79 Å². The lowest BCUT2D eigenvalue weighted by Crippen LogP contribution is -2.31. The molecular formula is C12H14BrN5O. The molecular weight excluding hydrogens is 310 g/mol. The maximum atomic E-state index is 12.0. The Morgan fingerprint density at radius 3 is 2.74 bits per heavy atom. The number of nitrogens with one attached hydrogen (secondary N) is 1. The number of tetrazole rings is 1. The predicted octanol–water partition coefficient (Wildman–Crippen LogP) is 2.08. The van der Waals surface area contributed by atoms with Crippen molar-refractivity contribution in [3.63, 3.8) is 0 Å². The standard InChI is InChI=1S/C12H14BrN5O/c1-8-4-5-9(18-7-14-16-17-18)6-10(8)15-11(19)12(2,3)13/h4-7H,1-3H3,(H,15,19). The van der Waals surface area contributed by atoms with Crippen LogP contribution >= 0.6 is 15.9 Å². The van der Waals surface area contributed by atoms with Crippen molar-refractivity contribution in [3.05, 3.63) is 30.1 Å². The van der Waals surface area contributed by atoms with Crippen LogP contribution in [0, 0.1) is 6.92 Å². The number of carbonyl (C=O) groups excluding carboxylic acids is 1. The first-order chi connectivity index (χ1) is 8.88. The molecule has 100 valence electrons. The highest BCUT2D eigenvalue weighted by Gasteiger charge is 2.24. The van der Waals surface area contributed by atoms with Crippen LogP contribution in [0.1, 0.15) is 19.4 Å². The molecule has 0 fully saturated rings. The summed E-state index contributed by atoms with van der Waals surface area (Å²) in [7, 11) is 0. The summed E-state index contributed by atoms with van der Waals surface area (Å²) < 4.78 is 0.915. The van der Waals surface area contributed by atoms with Gasteiger partial charge in [0.1, 0.15) is 6.33 Å². The normalized spacial score (nSPS) is 11.4. The molecule has 1 N–H and O–H groups in total. The van der Waals surface area contributed by atoms with Crippen molar-refractivity contribution in [1.82, 2.24) is 20.2 Å². The van der Waals surface area contributed by atoms with E-state index in [2.05, 4.69) is 36.8 Å². The lowest BCUT2D eigenvalue weighted by atomic mass is 10.1. The lowest BCUT2D eigenvalue weighted by molar-refractivity contribution is -0.117. The molecule has 1 heterocycles. The predicted molar refractivity (Wildman–Crippen MR) is 75.5 cm³/mol. The molecule has 0 spiro atoms. The third-order valence-electron chi connectivity index (χ3n) is 2.62. The summed E-state index contributed by atoms with van der Waals surface area (Å²) in [5.41, 5.74) is 2.51. The maximum absolute atomic E-state index is 12.0. The Balaban J connectivity index is 2.31. The van der Waals surface area contributed by atoms with E-state index >= 15 is 0 Å². The minimum atomic E-state index is -0.621. The molecule has 0 aliphatic carbocycles. The number of alkyl halides is 1. The summed E-state index contributed by atoms with van der Waals surface area (Å²) in [6.45, 7) is 5.52. The average molecular weight is 324 g/mol. The number of anilines is 1. The van der Waals surface area contributed by atoms with E-state index in [4.69, 9.17) is 0 Å². The van der Waals surface area contributed by atoms with Gasteiger partial charge in [-0.05, 0) is 48.9 Å². The van der Waals surface area contributed by atoms with E-state index in [1.165, 1.54) is 11.0 Å². The number of hydrogen-bond donors (Lipinski definition) is 1. The monoisotopic (exact) mass is 323 g/mol. The van der Waals surface area contributed by atoms with Crippen molar-refractivity contribution in [1.29, 1.82) is 0 Å². The van der Waals surface area contributed by atoms with Gasteiger partial charge in [0.25, 0.3) is 0 Å². The van der Waals surface area contributed by atoms with E-state index in [1.807, 2.05) is 25.1 Å². The molecule has 6 nitrogen and oxygen atoms in total. The summed E-state index contributed by atoms with van der Waals surface area (Å²) >= 11 is 3.33. The largest absolute Gasteiger partial charge is 0.325 e. The topological polar surface area (TPSA) is 72.7 Å². The number of rotatable bonds is 3. The van der Waals surface area contributed by atoms with Gasteiger partial charge in [0.2, 0.25) is 5.91 Å². The maximum Gasteiger partial charge on any atom is 0.240 e. The van der Waals surface area contributed by atoms with Gasteiger partial charge in [-0.3, -0.25) is 4.79 Å². The molecule has 0 radical (unpaired) electrons. The molecule has 1 aromatic heterocycles. The number of nitrogens with zero attached hydrogens (tertiary/aromatic N) is 4. The van der Waals surface area contributed by atoms with Gasteiger partial charge in [-0.15, -0.1) is 5.10 Å². The molecule has 2 rings (SSSR count). The number of aryl methyl sites for hydroxylation is 1. The molecule has 0 bridgehead atoms. The highest BCUT2D eigenvalue weighted by atomic mass is 79.9. The average Bonchev–Trinajstić information content (AvgIpc) is 2.84. The van der Waals surface area contributed by atoms with Crippen molar-refractivity contribution >= 4 is 27.5 Å². The SMILES string of the molecule is Cc1ccc(-n2cnnn2)cc1NC(=O)C(C)(C)Br. The smallest absolute Gasteiger partial charge is 0.240 e. The van der Waals surface area contributed by atoms with Gasteiger partial charge in [-0.25, -0.2) is 4.68 Å². The molecule has 1 amide bonds. The summed E-state index contributed by atoms with van der Waals surface area (Å²) in [5, 5.41) is 13.9. The number of halogens is 1. The second-order valence-electron chi connectivity index (χ2n) is 4.68. The highest BCUT2D eigenvalue weighted by molar-refractivity contribution is 9.10. The third-order valence-corrected chi connectivity index (χ3v) is 2.98. The zero-order valence-electron chi connectivity index (χ0n) is 10.9. The molecule has 0 saturated carbocycles. The van der Waals surface area contributed by atoms with Crippen LogP contribution in [0.5, 0.6) is 0 Å². The Morgan fingerprint density at radius 2 is 2.16 bits per heavy atom. The van der Waals surface area contributed by atoms with Crippen molar-refractivity contribution in [2.75, 3.05) is 5.32 Å². The van der Waals surface area contributed by atoms with E-state index in [0.717, 1.165) is 16.9 Å². The third kappa shape index (κ3) is 3.17. The molecule has 2 aromatic rings. The van der Waals surface area contributed by atoms with E-state index in [1.54, 1.807) is 13.8 Å². The van der Waals surface area contributed by atoms with Gasteiger partial charge < -0.3 is 5.32 Å². The van der Waals surface area contributed by atoms with Crippen LogP contribution in [0.4, 0.5) is 5.69 Å². The molecule has 7 heteroatoms. The first-order valence-corrected chi connectivity index (χ1v) is 6.51. The first-order valence-electron chi connectivity index (χ1n) is 5.72. The van der Waals surface area contributed by atoms with Crippen LogP contribution in [-0.4, -0.2) is 30.4 Å². The minimum absolute atomic E-state index is 0.107. The number of amides is 1. The van der Waals surface area contributed by atoms with E-state index in [-0.39, 0.29) is 5.91 Å². The Hall–Kier alpha value is -1.76. The molecule has 0 saturated heterocycles. The lowest BCUT2D eigenvalue weighted by Gasteiger charge is -2.17. The molecule has 1 aromatic carbocycles. The van der Waals surface area contributed by atoms with Crippen molar-refractivity contribution in [3.8, 4) is 5.69 Å². The Morgan fingerprint density at radius 1 is 1.42 bits per heavy atom. The molecule has 0 aliphatic rings. The van der Waals surface area contributed by atoms with Crippen molar-refractivity contribution in [2.24, 2.45) is 0 Å². The molecule has 0 aliphatic heterocycles. The van der Waals surface area contributed by atoms with Crippen LogP contribution < -0.4 is 5.32 Å². The Kier molecular flexibility index (Phi) is 3.66. The molecule has 0 atom stereocenters. The second-order valence-corrected chi connectivity index (χ2v) is 6.66. The van der Waals surface area contributed by atoms with Gasteiger partial charge in [0, 0.05) is 5.69 Å². The minimum Gasteiger partial charge on any atom is -0.325 e. The summed E-state index contributed by atoms with van der Waals surface area (Å²) in [6.07, 6.45) is 1.50. The van der Waals surface area contributed by atoms with Crippen LogP contribution in [0.3, 0.4) is 0 Å². The summed E-state index contributed by atoms with van der Waals surface area (Å²) in [5.74, 6) is -0.107. The fourth-order valence-electron chi connectivity index (χ4n) is 1.44. The van der Waals surface area contributed by atoms with Crippen LogP contribution in [0.15, 0.2) is 24.5 Å². The Bertz CT molecular complexity index is 589. The van der Waals surface area contributed by atoms with Crippen LogP contribution in [0.25, 0.3) is 5.69 Å². The van der Waals surface area contributed by atoms with Crippen molar-refractivity contribution in [2.45, 2.75) is 25.1 Å². The summed E-state index contributed by atoms with van der Waals surface area (Å²) in [6, 6.07) is 5.64. The number of hydrogen-bond acceptors (Lipinski definition) is 4. The van der Waals surface area contributed by atoms with Gasteiger partial charge in [0.05, 0.1) is 10.0 Å². The van der Waals surface area contributed by atoms with E-state index in [0.29, 0.717) is 0 Å². The quantitative estimate of drug-likeness (QED) is 0.878. The highest BCUT2D eigenvalue weighted by Crippen LogP contribution is 2.23. The van der Waals surface area contributed by atoms with Crippen LogP contribution in [0.2, 0.25) is 0 Å².